The monoisotopic (exact) mass is 291 g/mol. The number of hydrogen-bond acceptors (Lipinski definition) is 2. The van der Waals surface area contributed by atoms with Crippen LogP contribution in [0.25, 0.3) is 0 Å². The highest BCUT2D eigenvalue weighted by molar-refractivity contribution is 5.77. The van der Waals surface area contributed by atoms with Gasteiger partial charge in [0, 0.05) is 0 Å². The lowest BCUT2D eigenvalue weighted by atomic mass is 10.2. The summed E-state index contributed by atoms with van der Waals surface area (Å²) >= 11 is 0. The standard InChI is InChI=1S/C17H26N2O2/c1-4-15(3)18-8-10-19(11-9-18)17(20)13-21-16-7-5-6-14(2)12-16/h5-7,12,15H,4,8-11,13H2,1-3H3/p+1. The molecule has 4 nitrogen and oxygen atoms in total. The number of carbonyl (C=O) groups is 1. The van der Waals surface area contributed by atoms with Crippen molar-refractivity contribution in [3.05, 3.63) is 29.8 Å². The molecular weight excluding hydrogens is 264 g/mol. The molecule has 1 saturated heterocycles. The molecule has 1 aromatic rings. The molecule has 0 aromatic heterocycles. The molecule has 1 fully saturated rings. The first-order chi connectivity index (χ1) is 10.1. The van der Waals surface area contributed by atoms with E-state index in [1.807, 2.05) is 36.1 Å². The normalized spacial score (nSPS) is 17.6. The highest BCUT2D eigenvalue weighted by Crippen LogP contribution is 2.12. The number of hydrogen-bond donors (Lipinski definition) is 1. The molecule has 0 aliphatic carbocycles. The van der Waals surface area contributed by atoms with Crippen LogP contribution in [0.5, 0.6) is 5.75 Å². The number of rotatable bonds is 5. The third-order valence-electron chi connectivity index (χ3n) is 4.42. The highest BCUT2D eigenvalue weighted by atomic mass is 16.5. The van der Waals surface area contributed by atoms with Crippen LogP contribution in [0.4, 0.5) is 0 Å². The molecule has 116 valence electrons. The third kappa shape index (κ3) is 4.46. The van der Waals surface area contributed by atoms with Crippen LogP contribution in [0.1, 0.15) is 25.8 Å². The number of benzene rings is 1. The van der Waals surface area contributed by atoms with E-state index in [9.17, 15) is 4.79 Å². The van der Waals surface area contributed by atoms with E-state index < -0.39 is 0 Å². The summed E-state index contributed by atoms with van der Waals surface area (Å²) in [4.78, 5) is 15.7. The molecule has 2 rings (SSSR count). The van der Waals surface area contributed by atoms with Crippen molar-refractivity contribution >= 4 is 5.91 Å². The van der Waals surface area contributed by atoms with E-state index in [0.717, 1.165) is 37.5 Å². The van der Waals surface area contributed by atoms with Crippen LogP contribution >= 0.6 is 0 Å². The number of nitrogens with one attached hydrogen (secondary N) is 1. The first-order valence-electron chi connectivity index (χ1n) is 7.92. The lowest BCUT2D eigenvalue weighted by molar-refractivity contribution is -0.927. The molecule has 4 heteroatoms. The first kappa shape index (κ1) is 15.8. The van der Waals surface area contributed by atoms with E-state index in [1.54, 1.807) is 4.90 Å². The van der Waals surface area contributed by atoms with Gasteiger partial charge in [-0.15, -0.1) is 0 Å². The molecule has 1 atom stereocenters. The minimum Gasteiger partial charge on any atom is -0.484 e. The minimum absolute atomic E-state index is 0.0970. The first-order valence-corrected chi connectivity index (χ1v) is 7.92. The van der Waals surface area contributed by atoms with E-state index in [2.05, 4.69) is 13.8 Å². The summed E-state index contributed by atoms with van der Waals surface area (Å²) in [5, 5.41) is 0. The van der Waals surface area contributed by atoms with Gasteiger partial charge in [-0.2, -0.15) is 0 Å². The van der Waals surface area contributed by atoms with Crippen molar-refractivity contribution in [2.45, 2.75) is 33.2 Å². The van der Waals surface area contributed by atoms with E-state index in [1.165, 1.54) is 6.42 Å². The molecule has 1 aromatic carbocycles. The number of carbonyl (C=O) groups excluding carboxylic acids is 1. The van der Waals surface area contributed by atoms with E-state index in [-0.39, 0.29) is 12.5 Å². The quantitative estimate of drug-likeness (QED) is 0.874. The molecule has 0 bridgehead atoms. The van der Waals surface area contributed by atoms with Crippen molar-refractivity contribution in [3.63, 3.8) is 0 Å². The predicted molar refractivity (Wildman–Crippen MR) is 83.7 cm³/mol. The highest BCUT2D eigenvalue weighted by Gasteiger charge is 2.26. The van der Waals surface area contributed by atoms with Gasteiger partial charge in [0.2, 0.25) is 0 Å². The summed E-state index contributed by atoms with van der Waals surface area (Å²) in [6.45, 7) is 10.5. The number of amides is 1. The number of quaternary nitrogens is 1. The third-order valence-corrected chi connectivity index (χ3v) is 4.42. The predicted octanol–water partition coefficient (Wildman–Crippen LogP) is 0.899. The fraction of sp³-hybridized carbons (Fsp3) is 0.588. The molecule has 1 N–H and O–H groups in total. The molecule has 0 radical (unpaired) electrons. The number of ether oxygens (including phenoxy) is 1. The van der Waals surface area contributed by atoms with Gasteiger partial charge in [0.25, 0.3) is 5.91 Å². The molecule has 21 heavy (non-hydrogen) atoms. The SMILES string of the molecule is CCC(C)[NH+]1CCN(C(=O)COc2cccc(C)c2)CC1. The molecule has 0 spiro atoms. The summed E-state index contributed by atoms with van der Waals surface area (Å²) in [5.41, 5.74) is 1.14. The Morgan fingerprint density at radius 3 is 2.71 bits per heavy atom. The van der Waals surface area contributed by atoms with Gasteiger partial charge in [-0.25, -0.2) is 0 Å². The van der Waals surface area contributed by atoms with Gasteiger partial charge in [-0.05, 0) is 38.0 Å². The van der Waals surface area contributed by atoms with E-state index >= 15 is 0 Å². The van der Waals surface area contributed by atoms with Gasteiger partial charge < -0.3 is 14.5 Å². The zero-order valence-electron chi connectivity index (χ0n) is 13.4. The van der Waals surface area contributed by atoms with E-state index in [0.29, 0.717) is 6.04 Å². The molecule has 1 aliphatic rings. The maximum absolute atomic E-state index is 12.2. The molecular formula is C17H27N2O2+. The van der Waals surface area contributed by atoms with Gasteiger partial charge in [-0.3, -0.25) is 4.79 Å². The Morgan fingerprint density at radius 1 is 1.38 bits per heavy atom. The Bertz CT molecular complexity index is 468. The van der Waals surface area contributed by atoms with Gasteiger partial charge in [0.1, 0.15) is 5.75 Å². The number of aryl methyl sites for hydroxylation is 1. The molecule has 1 unspecified atom stereocenters. The zero-order chi connectivity index (χ0) is 15.2. The van der Waals surface area contributed by atoms with Crippen molar-refractivity contribution in [3.8, 4) is 5.75 Å². The van der Waals surface area contributed by atoms with Crippen molar-refractivity contribution in [2.24, 2.45) is 0 Å². The topological polar surface area (TPSA) is 34.0 Å². The fourth-order valence-electron chi connectivity index (χ4n) is 2.77. The lowest BCUT2D eigenvalue weighted by Crippen LogP contribution is -3.17. The minimum atomic E-state index is 0.0970. The van der Waals surface area contributed by atoms with Crippen LogP contribution < -0.4 is 9.64 Å². The Hall–Kier alpha value is -1.55. The van der Waals surface area contributed by atoms with Gasteiger partial charge in [0.05, 0.1) is 32.2 Å². The van der Waals surface area contributed by atoms with E-state index in [4.69, 9.17) is 4.74 Å². The second kappa shape index (κ2) is 7.46. The summed E-state index contributed by atoms with van der Waals surface area (Å²) in [5.74, 6) is 0.868. The number of piperazine rings is 1. The summed E-state index contributed by atoms with van der Waals surface area (Å²) < 4.78 is 5.60. The zero-order valence-corrected chi connectivity index (χ0v) is 13.4. The van der Waals surface area contributed by atoms with Crippen LogP contribution in [-0.2, 0) is 4.79 Å². The Labute approximate surface area is 127 Å². The van der Waals surface area contributed by atoms with Crippen molar-refractivity contribution < 1.29 is 14.4 Å². The number of nitrogens with zero attached hydrogens (tertiary/aromatic N) is 1. The summed E-state index contributed by atoms with van der Waals surface area (Å²) in [6, 6.07) is 8.50. The summed E-state index contributed by atoms with van der Waals surface area (Å²) in [6.07, 6.45) is 1.19. The van der Waals surface area contributed by atoms with Crippen molar-refractivity contribution in [1.82, 2.24) is 4.90 Å². The molecule has 1 amide bonds. The Kier molecular flexibility index (Phi) is 5.62. The summed E-state index contributed by atoms with van der Waals surface area (Å²) in [7, 11) is 0. The van der Waals surface area contributed by atoms with Crippen LogP contribution in [0.15, 0.2) is 24.3 Å². The maximum Gasteiger partial charge on any atom is 0.260 e. The Morgan fingerprint density at radius 2 is 2.10 bits per heavy atom. The maximum atomic E-state index is 12.2. The molecule has 1 heterocycles. The van der Waals surface area contributed by atoms with Crippen LogP contribution in [-0.4, -0.2) is 49.6 Å². The van der Waals surface area contributed by atoms with Crippen LogP contribution in [0, 0.1) is 6.92 Å². The van der Waals surface area contributed by atoms with Crippen LogP contribution in [0.3, 0.4) is 0 Å². The lowest BCUT2D eigenvalue weighted by Gasteiger charge is -2.35. The van der Waals surface area contributed by atoms with Gasteiger partial charge >= 0.3 is 0 Å². The largest absolute Gasteiger partial charge is 0.484 e. The molecule has 1 aliphatic heterocycles. The average molecular weight is 291 g/mol. The smallest absolute Gasteiger partial charge is 0.260 e. The molecule has 0 saturated carbocycles. The van der Waals surface area contributed by atoms with Crippen molar-refractivity contribution in [2.75, 3.05) is 32.8 Å². The van der Waals surface area contributed by atoms with Gasteiger partial charge in [-0.1, -0.05) is 19.1 Å². The van der Waals surface area contributed by atoms with Gasteiger partial charge in [0.15, 0.2) is 6.61 Å². The second-order valence-electron chi connectivity index (χ2n) is 5.95. The second-order valence-corrected chi connectivity index (χ2v) is 5.95. The fourth-order valence-corrected chi connectivity index (χ4v) is 2.77. The van der Waals surface area contributed by atoms with Crippen molar-refractivity contribution in [1.29, 1.82) is 0 Å². The average Bonchev–Trinajstić information content (AvgIpc) is 2.52. The van der Waals surface area contributed by atoms with Crippen LogP contribution in [0.2, 0.25) is 0 Å². The Balaban J connectivity index is 1.77.